The van der Waals surface area contributed by atoms with Crippen molar-refractivity contribution in [3.63, 3.8) is 0 Å². The fraction of sp³-hybridized carbons (Fsp3) is 0.591. The lowest BCUT2D eigenvalue weighted by molar-refractivity contribution is -0.120. The van der Waals surface area contributed by atoms with Gasteiger partial charge < -0.3 is 4.74 Å². The Bertz CT molecular complexity index is 1010. The van der Waals surface area contributed by atoms with Crippen LogP contribution in [0.25, 0.3) is 0 Å². The fourth-order valence-electron chi connectivity index (χ4n) is 5.00. The minimum absolute atomic E-state index is 0.213. The molecular weight excluding hydrogens is 405 g/mol. The summed E-state index contributed by atoms with van der Waals surface area (Å²) in [6.45, 7) is 5.15. The van der Waals surface area contributed by atoms with Gasteiger partial charge in [-0.25, -0.2) is 12.8 Å². The number of sulfonamides is 1. The number of hydrogen-bond donors (Lipinski definition) is 0. The van der Waals surface area contributed by atoms with Gasteiger partial charge in [0, 0.05) is 26.7 Å². The molecule has 2 aromatic rings. The Labute approximate surface area is 178 Å². The summed E-state index contributed by atoms with van der Waals surface area (Å²) in [6.07, 6.45) is 4.20. The van der Waals surface area contributed by atoms with E-state index in [0.717, 1.165) is 24.8 Å². The van der Waals surface area contributed by atoms with Crippen LogP contribution in [-0.4, -0.2) is 47.8 Å². The van der Waals surface area contributed by atoms with Gasteiger partial charge in [0.2, 0.25) is 10.0 Å². The second-order valence-corrected chi connectivity index (χ2v) is 10.6. The van der Waals surface area contributed by atoms with E-state index in [0.29, 0.717) is 54.7 Å². The van der Waals surface area contributed by atoms with Crippen LogP contribution in [0.3, 0.4) is 0 Å². The van der Waals surface area contributed by atoms with Crippen LogP contribution in [0.4, 0.5) is 4.39 Å². The van der Waals surface area contributed by atoms with Crippen LogP contribution in [0.2, 0.25) is 0 Å². The van der Waals surface area contributed by atoms with Gasteiger partial charge >= 0.3 is 0 Å². The van der Waals surface area contributed by atoms with Crippen molar-refractivity contribution < 1.29 is 17.5 Å². The molecule has 1 spiro atoms. The van der Waals surface area contributed by atoms with Gasteiger partial charge in [-0.3, -0.25) is 4.68 Å². The standard InChI is InChI=1S/C22H30FN3O3S/c1-16-21(17(2)25(3)24-16)30(27,28)26-11-9-22(10-12-26)15-19(8-13-29-22)14-18-4-6-20(23)7-5-18/h4-7,19H,8-15H2,1-3H3. The van der Waals surface area contributed by atoms with Gasteiger partial charge in [0.15, 0.2) is 0 Å². The van der Waals surface area contributed by atoms with E-state index in [2.05, 4.69) is 5.10 Å². The van der Waals surface area contributed by atoms with Gasteiger partial charge in [0.25, 0.3) is 0 Å². The van der Waals surface area contributed by atoms with E-state index in [1.165, 1.54) is 12.1 Å². The molecule has 0 aliphatic carbocycles. The highest BCUT2D eigenvalue weighted by molar-refractivity contribution is 7.89. The molecule has 2 saturated heterocycles. The van der Waals surface area contributed by atoms with E-state index >= 15 is 0 Å². The Morgan fingerprint density at radius 2 is 1.87 bits per heavy atom. The van der Waals surface area contributed by atoms with Crippen LogP contribution < -0.4 is 0 Å². The quantitative estimate of drug-likeness (QED) is 0.739. The zero-order valence-electron chi connectivity index (χ0n) is 17.9. The maximum Gasteiger partial charge on any atom is 0.246 e. The second-order valence-electron chi connectivity index (χ2n) is 8.75. The number of ether oxygens (including phenoxy) is 1. The van der Waals surface area contributed by atoms with Crippen molar-refractivity contribution in [2.45, 2.75) is 56.4 Å². The average Bonchev–Trinajstić information content (AvgIpc) is 2.96. The summed E-state index contributed by atoms with van der Waals surface area (Å²) in [5, 5.41) is 4.27. The van der Waals surface area contributed by atoms with Crippen LogP contribution >= 0.6 is 0 Å². The molecule has 2 aliphatic heterocycles. The summed E-state index contributed by atoms with van der Waals surface area (Å²) >= 11 is 0. The molecule has 0 bridgehead atoms. The van der Waals surface area contributed by atoms with Crippen LogP contribution in [0.1, 0.15) is 42.6 Å². The molecule has 164 valence electrons. The number of nitrogens with zero attached hydrogens (tertiary/aromatic N) is 3. The lowest BCUT2D eigenvalue weighted by atomic mass is 9.78. The summed E-state index contributed by atoms with van der Waals surface area (Å²) in [5.41, 5.74) is 2.10. The van der Waals surface area contributed by atoms with Crippen molar-refractivity contribution in [3.05, 3.63) is 47.0 Å². The average molecular weight is 436 g/mol. The molecule has 8 heteroatoms. The topological polar surface area (TPSA) is 64.4 Å². The number of benzene rings is 1. The van der Waals surface area contributed by atoms with Gasteiger partial charge in [0.05, 0.1) is 17.0 Å². The van der Waals surface area contributed by atoms with Crippen molar-refractivity contribution >= 4 is 10.0 Å². The maximum atomic E-state index is 13.2. The van der Waals surface area contributed by atoms with E-state index in [9.17, 15) is 12.8 Å². The lowest BCUT2D eigenvalue weighted by Crippen LogP contribution is -2.51. The molecule has 0 radical (unpaired) electrons. The first-order valence-electron chi connectivity index (χ1n) is 10.6. The Balaban J connectivity index is 1.43. The number of piperidine rings is 1. The Hall–Kier alpha value is -1.77. The number of halogens is 1. The molecule has 4 rings (SSSR count). The molecule has 0 N–H and O–H groups in total. The highest BCUT2D eigenvalue weighted by atomic mass is 32.2. The molecule has 0 amide bonds. The minimum atomic E-state index is -3.57. The second kappa shape index (κ2) is 8.05. The zero-order chi connectivity index (χ0) is 21.5. The summed E-state index contributed by atoms with van der Waals surface area (Å²) in [7, 11) is -1.80. The van der Waals surface area contributed by atoms with E-state index in [4.69, 9.17) is 4.74 Å². The molecule has 6 nitrogen and oxygen atoms in total. The van der Waals surface area contributed by atoms with E-state index < -0.39 is 10.0 Å². The van der Waals surface area contributed by atoms with Gasteiger partial charge in [-0.05, 0) is 69.6 Å². The predicted octanol–water partition coefficient (Wildman–Crippen LogP) is 3.37. The molecule has 1 aromatic heterocycles. The Kier molecular flexibility index (Phi) is 5.76. The van der Waals surface area contributed by atoms with Crippen LogP contribution in [-0.2, 0) is 28.2 Å². The largest absolute Gasteiger partial charge is 0.375 e. The number of aromatic nitrogens is 2. The van der Waals surface area contributed by atoms with Gasteiger partial charge in [-0.15, -0.1) is 0 Å². The molecule has 3 heterocycles. The van der Waals surface area contributed by atoms with Crippen molar-refractivity contribution in [2.75, 3.05) is 19.7 Å². The highest BCUT2D eigenvalue weighted by Crippen LogP contribution is 2.40. The first-order valence-corrected chi connectivity index (χ1v) is 12.0. The number of hydrogen-bond acceptors (Lipinski definition) is 4. The first kappa shape index (κ1) is 21.5. The molecule has 30 heavy (non-hydrogen) atoms. The third-order valence-corrected chi connectivity index (χ3v) is 8.86. The minimum Gasteiger partial charge on any atom is -0.375 e. The fourth-order valence-corrected chi connectivity index (χ4v) is 6.84. The van der Waals surface area contributed by atoms with Crippen molar-refractivity contribution in [3.8, 4) is 0 Å². The van der Waals surface area contributed by atoms with Gasteiger partial charge in [0.1, 0.15) is 10.7 Å². The Morgan fingerprint density at radius 1 is 1.20 bits per heavy atom. The van der Waals surface area contributed by atoms with Gasteiger partial charge in [-0.2, -0.15) is 9.40 Å². The first-order chi connectivity index (χ1) is 14.2. The van der Waals surface area contributed by atoms with Crippen LogP contribution in [0.5, 0.6) is 0 Å². The van der Waals surface area contributed by atoms with E-state index in [1.54, 1.807) is 29.9 Å². The molecule has 1 unspecified atom stereocenters. The van der Waals surface area contributed by atoms with E-state index in [1.807, 2.05) is 12.1 Å². The number of rotatable bonds is 4. The lowest BCUT2D eigenvalue weighted by Gasteiger charge is -2.46. The summed E-state index contributed by atoms with van der Waals surface area (Å²) in [4.78, 5) is 0.333. The normalized spacial score (nSPS) is 22.5. The molecule has 1 aromatic carbocycles. The maximum absolute atomic E-state index is 13.2. The third kappa shape index (κ3) is 4.05. The summed E-state index contributed by atoms with van der Waals surface area (Å²) in [5.74, 6) is 0.255. The van der Waals surface area contributed by atoms with Gasteiger partial charge in [-0.1, -0.05) is 12.1 Å². The monoisotopic (exact) mass is 435 g/mol. The zero-order valence-corrected chi connectivity index (χ0v) is 18.7. The third-order valence-electron chi connectivity index (χ3n) is 6.71. The molecule has 0 saturated carbocycles. The highest BCUT2D eigenvalue weighted by Gasteiger charge is 2.43. The summed E-state index contributed by atoms with van der Waals surface area (Å²) in [6, 6.07) is 6.72. The number of aryl methyl sites for hydroxylation is 2. The molecule has 2 fully saturated rings. The van der Waals surface area contributed by atoms with E-state index in [-0.39, 0.29) is 11.4 Å². The Morgan fingerprint density at radius 3 is 2.47 bits per heavy atom. The summed E-state index contributed by atoms with van der Waals surface area (Å²) < 4.78 is 49.1. The van der Waals surface area contributed by atoms with Crippen LogP contribution in [0.15, 0.2) is 29.2 Å². The van der Waals surface area contributed by atoms with Crippen molar-refractivity contribution in [2.24, 2.45) is 13.0 Å². The molecule has 1 atom stereocenters. The molecule has 2 aliphatic rings. The SMILES string of the molecule is Cc1nn(C)c(C)c1S(=O)(=O)N1CCC2(CC1)CC(Cc1ccc(F)cc1)CCO2. The van der Waals surface area contributed by atoms with Crippen molar-refractivity contribution in [1.82, 2.24) is 14.1 Å². The van der Waals surface area contributed by atoms with Crippen molar-refractivity contribution in [1.29, 1.82) is 0 Å². The van der Waals surface area contributed by atoms with Crippen LogP contribution in [0, 0.1) is 25.6 Å². The molecular formula is C22H30FN3O3S. The predicted molar refractivity (Wildman–Crippen MR) is 112 cm³/mol. The smallest absolute Gasteiger partial charge is 0.246 e.